The third kappa shape index (κ3) is 2.06. The minimum absolute atomic E-state index is 0.143. The van der Waals surface area contributed by atoms with E-state index >= 15 is 0 Å². The van der Waals surface area contributed by atoms with Crippen molar-refractivity contribution < 1.29 is 9.59 Å². The van der Waals surface area contributed by atoms with Crippen molar-refractivity contribution in [3.05, 3.63) is 65.9 Å². The van der Waals surface area contributed by atoms with Crippen molar-refractivity contribution >= 4 is 28.4 Å². The van der Waals surface area contributed by atoms with Crippen LogP contribution in [-0.4, -0.2) is 16.8 Å². The van der Waals surface area contributed by atoms with Gasteiger partial charge in [-0.2, -0.15) is 0 Å². The number of carbonyl (C=O) groups is 2. The zero-order valence-electron chi connectivity index (χ0n) is 12.7. The summed E-state index contributed by atoms with van der Waals surface area (Å²) in [6.07, 6.45) is 0.219. The van der Waals surface area contributed by atoms with Gasteiger partial charge in [0.2, 0.25) is 11.8 Å². The molecule has 2 heterocycles. The fraction of sp³-hybridized carbons (Fsp3) is 0.158. The Labute approximate surface area is 133 Å². The Bertz CT molecular complexity index is 912. The van der Waals surface area contributed by atoms with Crippen molar-refractivity contribution in [2.45, 2.75) is 19.3 Å². The highest BCUT2D eigenvalue weighted by molar-refractivity contribution is 6.23. The van der Waals surface area contributed by atoms with Crippen LogP contribution in [0.3, 0.4) is 0 Å². The van der Waals surface area contributed by atoms with Crippen molar-refractivity contribution in [1.29, 1.82) is 0 Å². The number of rotatable bonds is 2. The van der Waals surface area contributed by atoms with Crippen LogP contribution in [0.25, 0.3) is 10.9 Å². The molecule has 4 nitrogen and oxygen atoms in total. The van der Waals surface area contributed by atoms with E-state index in [0.717, 1.165) is 22.2 Å². The monoisotopic (exact) mass is 304 g/mol. The first kappa shape index (κ1) is 13.8. The van der Waals surface area contributed by atoms with E-state index in [4.69, 9.17) is 0 Å². The molecule has 3 aromatic rings. The number of imide groups is 1. The molecular formula is C19H16N2O2. The average molecular weight is 304 g/mol. The summed E-state index contributed by atoms with van der Waals surface area (Å²) in [6, 6.07) is 17.0. The van der Waals surface area contributed by atoms with E-state index < -0.39 is 5.92 Å². The molecule has 0 spiro atoms. The predicted octanol–water partition coefficient (Wildman–Crippen LogP) is 3.52. The Kier molecular flexibility index (Phi) is 3.05. The van der Waals surface area contributed by atoms with E-state index in [0.29, 0.717) is 5.69 Å². The molecule has 0 bridgehead atoms. The van der Waals surface area contributed by atoms with Gasteiger partial charge in [0, 0.05) is 23.0 Å². The van der Waals surface area contributed by atoms with Gasteiger partial charge in [-0.3, -0.25) is 14.5 Å². The SMILES string of the molecule is Cc1[nH]c2ccccc2c1[C@H]1CC(=O)N(c2ccccc2)C1=O. The van der Waals surface area contributed by atoms with Crippen LogP contribution < -0.4 is 4.90 Å². The molecule has 2 aromatic carbocycles. The van der Waals surface area contributed by atoms with Crippen LogP contribution in [-0.2, 0) is 9.59 Å². The first-order valence-electron chi connectivity index (χ1n) is 7.66. The van der Waals surface area contributed by atoms with Gasteiger partial charge in [0.25, 0.3) is 0 Å². The molecule has 4 rings (SSSR count). The van der Waals surface area contributed by atoms with Crippen molar-refractivity contribution in [3.8, 4) is 0 Å². The van der Waals surface area contributed by atoms with Crippen molar-refractivity contribution in [2.75, 3.05) is 4.90 Å². The van der Waals surface area contributed by atoms with Crippen LogP contribution in [0.2, 0.25) is 0 Å². The third-order valence-electron chi connectivity index (χ3n) is 4.45. The van der Waals surface area contributed by atoms with Crippen molar-refractivity contribution in [3.63, 3.8) is 0 Å². The number of benzene rings is 2. The molecule has 23 heavy (non-hydrogen) atoms. The summed E-state index contributed by atoms with van der Waals surface area (Å²) >= 11 is 0. The van der Waals surface area contributed by atoms with Crippen LogP contribution in [0.1, 0.15) is 23.6 Å². The van der Waals surface area contributed by atoms with Gasteiger partial charge in [-0.25, -0.2) is 0 Å². The maximum Gasteiger partial charge on any atom is 0.241 e. The molecule has 0 aliphatic carbocycles. The quantitative estimate of drug-likeness (QED) is 0.736. The maximum atomic E-state index is 12.9. The largest absolute Gasteiger partial charge is 0.358 e. The smallest absolute Gasteiger partial charge is 0.241 e. The number of aromatic nitrogens is 1. The molecule has 0 radical (unpaired) electrons. The van der Waals surface area contributed by atoms with Gasteiger partial charge < -0.3 is 4.98 Å². The molecule has 1 atom stereocenters. The van der Waals surface area contributed by atoms with Gasteiger partial charge in [0.15, 0.2) is 0 Å². The van der Waals surface area contributed by atoms with E-state index in [-0.39, 0.29) is 18.2 Å². The van der Waals surface area contributed by atoms with Gasteiger partial charge in [-0.05, 0) is 30.7 Å². The molecule has 1 aliphatic rings. The Balaban J connectivity index is 1.80. The van der Waals surface area contributed by atoms with Crippen molar-refractivity contribution in [2.24, 2.45) is 0 Å². The van der Waals surface area contributed by atoms with Gasteiger partial charge in [0.1, 0.15) is 0 Å². The zero-order chi connectivity index (χ0) is 16.0. The fourth-order valence-corrected chi connectivity index (χ4v) is 3.45. The summed E-state index contributed by atoms with van der Waals surface area (Å²) in [7, 11) is 0. The summed E-state index contributed by atoms with van der Waals surface area (Å²) in [5.41, 5.74) is 3.53. The Hall–Kier alpha value is -2.88. The Morgan fingerprint density at radius 3 is 2.48 bits per heavy atom. The Morgan fingerprint density at radius 1 is 1.00 bits per heavy atom. The lowest BCUT2D eigenvalue weighted by atomic mass is 9.94. The minimum Gasteiger partial charge on any atom is -0.358 e. The van der Waals surface area contributed by atoms with Crippen LogP contribution in [0.4, 0.5) is 5.69 Å². The highest BCUT2D eigenvalue weighted by atomic mass is 16.2. The number of H-pyrrole nitrogens is 1. The fourth-order valence-electron chi connectivity index (χ4n) is 3.45. The number of anilines is 1. The molecule has 1 aromatic heterocycles. The number of nitrogens with one attached hydrogen (secondary N) is 1. The number of nitrogens with zero attached hydrogens (tertiary/aromatic N) is 1. The summed E-state index contributed by atoms with van der Waals surface area (Å²) in [6.45, 7) is 1.96. The summed E-state index contributed by atoms with van der Waals surface area (Å²) in [5, 5.41) is 1.02. The number of fused-ring (bicyclic) bond motifs is 1. The summed E-state index contributed by atoms with van der Waals surface area (Å²) in [5.74, 6) is -0.705. The average Bonchev–Trinajstić information content (AvgIpc) is 3.03. The highest BCUT2D eigenvalue weighted by Gasteiger charge is 2.41. The number of amides is 2. The number of hydrogen-bond donors (Lipinski definition) is 1. The molecule has 114 valence electrons. The first-order chi connectivity index (χ1) is 11.2. The number of aromatic amines is 1. The molecule has 1 N–H and O–H groups in total. The highest BCUT2D eigenvalue weighted by Crippen LogP contribution is 2.38. The van der Waals surface area contributed by atoms with E-state index in [1.807, 2.05) is 49.4 Å². The third-order valence-corrected chi connectivity index (χ3v) is 4.45. The lowest BCUT2D eigenvalue weighted by molar-refractivity contribution is -0.121. The second-order valence-electron chi connectivity index (χ2n) is 5.87. The number of hydrogen-bond acceptors (Lipinski definition) is 2. The standard InChI is InChI=1S/C19H16N2O2/c1-12-18(14-9-5-6-10-16(14)20-12)15-11-17(22)21(19(15)23)13-7-3-2-4-8-13/h2-10,15,20H,11H2,1H3/t15-/m1/s1. The molecule has 0 saturated carbocycles. The van der Waals surface area contributed by atoms with Gasteiger partial charge >= 0.3 is 0 Å². The molecule has 1 fully saturated rings. The summed E-state index contributed by atoms with van der Waals surface area (Å²) in [4.78, 5) is 30.0. The number of carbonyl (C=O) groups excluding carboxylic acids is 2. The topological polar surface area (TPSA) is 53.2 Å². The van der Waals surface area contributed by atoms with Crippen LogP contribution in [0.15, 0.2) is 54.6 Å². The van der Waals surface area contributed by atoms with E-state index in [9.17, 15) is 9.59 Å². The van der Waals surface area contributed by atoms with Gasteiger partial charge in [-0.1, -0.05) is 36.4 Å². The van der Waals surface area contributed by atoms with Crippen molar-refractivity contribution in [1.82, 2.24) is 4.98 Å². The van der Waals surface area contributed by atoms with E-state index in [1.54, 1.807) is 12.1 Å². The Morgan fingerprint density at radius 2 is 1.70 bits per heavy atom. The molecule has 0 unspecified atom stereocenters. The summed E-state index contributed by atoms with van der Waals surface area (Å²) < 4.78 is 0. The van der Waals surface area contributed by atoms with Gasteiger partial charge in [-0.15, -0.1) is 0 Å². The molecular weight excluding hydrogens is 288 g/mol. The molecule has 1 aliphatic heterocycles. The number of para-hydroxylation sites is 2. The molecule has 1 saturated heterocycles. The van der Waals surface area contributed by atoms with Crippen LogP contribution in [0, 0.1) is 6.92 Å². The lowest BCUT2D eigenvalue weighted by Gasteiger charge is -2.15. The van der Waals surface area contributed by atoms with Gasteiger partial charge in [0.05, 0.1) is 11.6 Å². The second kappa shape index (κ2) is 5.09. The predicted molar refractivity (Wildman–Crippen MR) is 89.3 cm³/mol. The van der Waals surface area contributed by atoms with Crippen LogP contribution in [0.5, 0.6) is 0 Å². The van der Waals surface area contributed by atoms with E-state index in [1.165, 1.54) is 4.90 Å². The minimum atomic E-state index is -0.418. The normalized spacial score (nSPS) is 18.1. The van der Waals surface area contributed by atoms with Crippen LogP contribution >= 0.6 is 0 Å². The molecule has 2 amide bonds. The first-order valence-corrected chi connectivity index (χ1v) is 7.66. The lowest BCUT2D eigenvalue weighted by Crippen LogP contribution is -2.30. The zero-order valence-corrected chi connectivity index (χ0v) is 12.7. The number of aryl methyl sites for hydroxylation is 1. The maximum absolute atomic E-state index is 12.9. The second-order valence-corrected chi connectivity index (χ2v) is 5.87. The molecule has 4 heteroatoms. The van der Waals surface area contributed by atoms with E-state index in [2.05, 4.69) is 4.98 Å².